The predicted molar refractivity (Wildman–Crippen MR) is 143 cm³/mol. The van der Waals surface area contributed by atoms with Gasteiger partial charge in [0.1, 0.15) is 5.69 Å². The van der Waals surface area contributed by atoms with E-state index in [9.17, 15) is 10.2 Å². The van der Waals surface area contributed by atoms with Crippen LogP contribution in [0.3, 0.4) is 0 Å². The van der Waals surface area contributed by atoms with E-state index in [4.69, 9.17) is 0 Å². The quantitative estimate of drug-likeness (QED) is 0.232. The van der Waals surface area contributed by atoms with E-state index in [2.05, 4.69) is 67.0 Å². The van der Waals surface area contributed by atoms with Gasteiger partial charge in [-0.05, 0) is 103 Å². The molecular formula is C29H32N4O. The van der Waals surface area contributed by atoms with Crippen molar-refractivity contribution in [1.29, 1.82) is 5.26 Å². The Morgan fingerprint density at radius 3 is 2.26 bits per heavy atom. The van der Waals surface area contributed by atoms with Crippen LogP contribution in [0.5, 0.6) is 0 Å². The summed E-state index contributed by atoms with van der Waals surface area (Å²) in [6.07, 6.45) is 9.60. The van der Waals surface area contributed by atoms with Crippen LogP contribution in [0, 0.1) is 21.7 Å². The van der Waals surface area contributed by atoms with Crippen molar-refractivity contribution in [3.8, 4) is 6.07 Å². The van der Waals surface area contributed by atoms with Gasteiger partial charge in [0, 0.05) is 25.0 Å². The van der Waals surface area contributed by atoms with Crippen molar-refractivity contribution in [3.63, 3.8) is 0 Å². The molecule has 1 aliphatic rings. The molecule has 0 heterocycles. The lowest BCUT2D eigenvalue weighted by atomic mass is 9.73. The molecule has 0 saturated heterocycles. The molecule has 0 saturated carbocycles. The van der Waals surface area contributed by atoms with Gasteiger partial charge >= 0.3 is 0 Å². The molecule has 0 unspecified atom stereocenters. The molecule has 0 aliphatic heterocycles. The van der Waals surface area contributed by atoms with Crippen LogP contribution < -0.4 is 4.90 Å². The summed E-state index contributed by atoms with van der Waals surface area (Å²) in [7, 11) is 0. The highest BCUT2D eigenvalue weighted by atomic mass is 16.3. The number of rotatable bonds is 8. The van der Waals surface area contributed by atoms with Gasteiger partial charge in [-0.1, -0.05) is 32.1 Å². The summed E-state index contributed by atoms with van der Waals surface area (Å²) in [5.41, 5.74) is 6.20. The van der Waals surface area contributed by atoms with E-state index in [0.717, 1.165) is 48.3 Å². The molecule has 5 nitrogen and oxygen atoms in total. The molecule has 1 aliphatic carbocycles. The van der Waals surface area contributed by atoms with E-state index in [1.54, 1.807) is 24.3 Å². The summed E-state index contributed by atoms with van der Waals surface area (Å²) in [4.78, 5) is 17.6. The Kier molecular flexibility index (Phi) is 8.32. The lowest BCUT2D eigenvalue weighted by Crippen LogP contribution is -2.21. The summed E-state index contributed by atoms with van der Waals surface area (Å²) >= 11 is 0. The minimum Gasteiger partial charge on any atom is -0.372 e. The maximum Gasteiger partial charge on any atom is 0.108 e. The molecule has 2 aromatic carbocycles. The zero-order valence-corrected chi connectivity index (χ0v) is 20.5. The molecule has 0 radical (unpaired) electrons. The standard InChI is InChI=1S/C29H32N4O/c1-5-33(6-2)28-13-11-26(12-14-28)31-16-15-23-18-24(20-29(3,4)19-23)25(21-30)17-22-7-9-27(32-34)10-8-22/h7-18H,5-6,19-20H2,1-4H3/b23-15-,25-17+,31-16+. The molecule has 0 amide bonds. The number of allylic oxidation sites excluding steroid dienone is 5. The van der Waals surface area contributed by atoms with Crippen molar-refractivity contribution >= 4 is 29.4 Å². The second kappa shape index (κ2) is 11.4. The van der Waals surface area contributed by atoms with Crippen LogP contribution >= 0.6 is 0 Å². The zero-order valence-electron chi connectivity index (χ0n) is 20.5. The number of hydrogen-bond donors (Lipinski definition) is 0. The monoisotopic (exact) mass is 452 g/mol. The van der Waals surface area contributed by atoms with Crippen molar-refractivity contribution in [2.24, 2.45) is 15.6 Å². The van der Waals surface area contributed by atoms with Crippen LogP contribution in [0.1, 0.15) is 46.1 Å². The van der Waals surface area contributed by atoms with Crippen molar-refractivity contribution in [2.75, 3.05) is 18.0 Å². The molecule has 0 atom stereocenters. The Labute approximate surface area is 202 Å². The van der Waals surface area contributed by atoms with Gasteiger partial charge in [0.15, 0.2) is 0 Å². The smallest absolute Gasteiger partial charge is 0.108 e. The first kappa shape index (κ1) is 24.9. The van der Waals surface area contributed by atoms with E-state index in [-0.39, 0.29) is 5.41 Å². The SMILES string of the molecule is CCN(CC)c1ccc(/N=C/C=C2C=C(/C(C#N)=C/c3ccc(N=O)cc3)CC(C)(C)C/2)cc1. The molecule has 0 bridgehead atoms. The van der Waals surface area contributed by atoms with Gasteiger partial charge in [0.2, 0.25) is 0 Å². The molecule has 174 valence electrons. The lowest BCUT2D eigenvalue weighted by molar-refractivity contribution is 0.354. The normalized spacial score (nSPS) is 16.9. The second-order valence-electron chi connectivity index (χ2n) is 9.25. The highest BCUT2D eigenvalue weighted by Gasteiger charge is 2.26. The molecule has 3 rings (SSSR count). The molecule has 2 aromatic rings. The maximum absolute atomic E-state index is 10.6. The molecule has 0 fully saturated rings. The first-order chi connectivity index (χ1) is 16.4. The first-order valence-electron chi connectivity index (χ1n) is 11.7. The van der Waals surface area contributed by atoms with Gasteiger partial charge in [0.05, 0.1) is 17.3 Å². The number of nitriles is 1. The van der Waals surface area contributed by atoms with E-state index in [1.807, 2.05) is 30.5 Å². The largest absolute Gasteiger partial charge is 0.372 e. The number of nitrogens with zero attached hydrogens (tertiary/aromatic N) is 4. The average molecular weight is 453 g/mol. The highest BCUT2D eigenvalue weighted by molar-refractivity contribution is 5.77. The third-order valence-corrected chi connectivity index (χ3v) is 5.98. The summed E-state index contributed by atoms with van der Waals surface area (Å²) in [5, 5.41) is 12.8. The molecule has 0 aromatic heterocycles. The number of benzene rings is 2. The van der Waals surface area contributed by atoms with Crippen molar-refractivity contribution in [1.82, 2.24) is 0 Å². The van der Waals surface area contributed by atoms with Crippen molar-refractivity contribution < 1.29 is 0 Å². The van der Waals surface area contributed by atoms with E-state index in [0.29, 0.717) is 11.3 Å². The number of aliphatic imine (C=N–C) groups is 1. The van der Waals surface area contributed by atoms with Gasteiger partial charge in [0.25, 0.3) is 0 Å². The molecule has 34 heavy (non-hydrogen) atoms. The molecule has 0 N–H and O–H groups in total. The van der Waals surface area contributed by atoms with Crippen LogP contribution in [0.2, 0.25) is 0 Å². The third-order valence-electron chi connectivity index (χ3n) is 5.98. The predicted octanol–water partition coefficient (Wildman–Crippen LogP) is 7.91. The number of anilines is 1. The van der Waals surface area contributed by atoms with Crippen LogP contribution in [-0.2, 0) is 0 Å². The average Bonchev–Trinajstić information content (AvgIpc) is 2.83. The van der Waals surface area contributed by atoms with E-state index >= 15 is 0 Å². The second-order valence-corrected chi connectivity index (χ2v) is 9.25. The van der Waals surface area contributed by atoms with Gasteiger partial charge < -0.3 is 4.90 Å². The zero-order chi connectivity index (χ0) is 24.6. The van der Waals surface area contributed by atoms with Crippen LogP contribution in [0.25, 0.3) is 6.08 Å². The summed E-state index contributed by atoms with van der Waals surface area (Å²) < 4.78 is 0. The van der Waals surface area contributed by atoms with Gasteiger partial charge in [-0.15, -0.1) is 4.91 Å². The van der Waals surface area contributed by atoms with Crippen molar-refractivity contribution in [2.45, 2.75) is 40.5 Å². The fourth-order valence-electron chi connectivity index (χ4n) is 4.29. The third kappa shape index (κ3) is 6.62. The summed E-state index contributed by atoms with van der Waals surface area (Å²) in [6, 6.07) is 17.6. The Morgan fingerprint density at radius 1 is 1.03 bits per heavy atom. The molecular weight excluding hydrogens is 420 g/mol. The molecule has 5 heteroatoms. The first-order valence-corrected chi connectivity index (χ1v) is 11.7. The lowest BCUT2D eigenvalue weighted by Gasteiger charge is -2.31. The Balaban J connectivity index is 1.82. The minimum absolute atomic E-state index is 0.0381. The van der Waals surface area contributed by atoms with Crippen LogP contribution in [-0.4, -0.2) is 19.3 Å². The fourth-order valence-corrected chi connectivity index (χ4v) is 4.29. The fraction of sp³-hybridized carbons (Fsp3) is 0.310. The van der Waals surface area contributed by atoms with Crippen molar-refractivity contribution in [3.05, 3.63) is 87.9 Å². The van der Waals surface area contributed by atoms with E-state index < -0.39 is 0 Å². The topological polar surface area (TPSA) is 68.8 Å². The summed E-state index contributed by atoms with van der Waals surface area (Å²) in [5.74, 6) is 0. The number of nitroso groups, excluding NO2 is 1. The van der Waals surface area contributed by atoms with Gasteiger partial charge in [-0.3, -0.25) is 4.99 Å². The van der Waals surface area contributed by atoms with Gasteiger partial charge in [-0.25, -0.2) is 0 Å². The molecule has 0 spiro atoms. The Bertz CT molecular complexity index is 1160. The van der Waals surface area contributed by atoms with Crippen LogP contribution in [0.4, 0.5) is 17.1 Å². The minimum atomic E-state index is 0.0381. The Morgan fingerprint density at radius 2 is 1.68 bits per heavy atom. The maximum atomic E-state index is 10.6. The summed E-state index contributed by atoms with van der Waals surface area (Å²) in [6.45, 7) is 10.7. The van der Waals surface area contributed by atoms with Crippen LogP contribution in [0.15, 0.2) is 87.6 Å². The Hall–Kier alpha value is -3.78. The van der Waals surface area contributed by atoms with Gasteiger partial charge in [-0.2, -0.15) is 5.26 Å². The number of hydrogen-bond acceptors (Lipinski definition) is 5. The highest BCUT2D eigenvalue weighted by Crippen LogP contribution is 2.40. The van der Waals surface area contributed by atoms with E-state index in [1.165, 1.54) is 5.69 Å².